The first-order valence-electron chi connectivity index (χ1n) is 6.77. The van der Waals surface area contributed by atoms with Crippen molar-refractivity contribution in [3.8, 4) is 11.1 Å². The molecular formula is C18H15N3. The van der Waals surface area contributed by atoms with Crippen LogP contribution in [-0.4, -0.2) is 11.2 Å². The van der Waals surface area contributed by atoms with Crippen LogP contribution in [0.5, 0.6) is 0 Å². The van der Waals surface area contributed by atoms with Crippen molar-refractivity contribution < 1.29 is 0 Å². The highest BCUT2D eigenvalue weighted by Gasteiger charge is 1.96. The van der Waals surface area contributed by atoms with Gasteiger partial charge in [0.05, 0.1) is 6.21 Å². The Bertz CT molecular complexity index is 704. The van der Waals surface area contributed by atoms with Gasteiger partial charge in [0.15, 0.2) is 0 Å². The van der Waals surface area contributed by atoms with E-state index in [9.17, 15) is 0 Å². The first kappa shape index (κ1) is 13.1. The summed E-state index contributed by atoms with van der Waals surface area (Å²) in [6, 6.07) is 24.3. The lowest BCUT2D eigenvalue weighted by Crippen LogP contribution is -1.92. The molecule has 0 atom stereocenters. The summed E-state index contributed by atoms with van der Waals surface area (Å²) in [5.41, 5.74) is 6.35. The first-order valence-corrected chi connectivity index (χ1v) is 6.77. The van der Waals surface area contributed by atoms with Crippen molar-refractivity contribution in [3.05, 3.63) is 84.6 Å². The van der Waals surface area contributed by atoms with Crippen molar-refractivity contribution >= 4 is 12.0 Å². The molecule has 0 fully saturated rings. The minimum absolute atomic E-state index is 0.731. The number of anilines is 1. The van der Waals surface area contributed by atoms with Crippen molar-refractivity contribution in [3.63, 3.8) is 0 Å². The first-order chi connectivity index (χ1) is 10.4. The van der Waals surface area contributed by atoms with Crippen LogP contribution >= 0.6 is 0 Å². The molecule has 0 spiro atoms. The third-order valence-corrected chi connectivity index (χ3v) is 3.08. The molecule has 1 N–H and O–H groups in total. The highest BCUT2D eigenvalue weighted by molar-refractivity contribution is 5.81. The highest BCUT2D eigenvalue weighted by Crippen LogP contribution is 2.18. The van der Waals surface area contributed by atoms with E-state index in [-0.39, 0.29) is 0 Å². The van der Waals surface area contributed by atoms with Crippen LogP contribution in [0.2, 0.25) is 0 Å². The van der Waals surface area contributed by atoms with Gasteiger partial charge >= 0.3 is 0 Å². The summed E-state index contributed by atoms with van der Waals surface area (Å²) in [6.45, 7) is 0. The number of benzene rings is 2. The quantitative estimate of drug-likeness (QED) is 0.571. The second kappa shape index (κ2) is 6.48. The summed E-state index contributed by atoms with van der Waals surface area (Å²) in [4.78, 5) is 4.14. The van der Waals surface area contributed by atoms with E-state index in [0.29, 0.717) is 0 Å². The molecule has 0 aliphatic rings. The van der Waals surface area contributed by atoms with Crippen LogP contribution < -0.4 is 5.43 Å². The summed E-state index contributed by atoms with van der Waals surface area (Å²) in [6.07, 6.45) is 3.51. The smallest absolute Gasteiger partial charge is 0.146 e. The summed E-state index contributed by atoms with van der Waals surface area (Å²) in [5.74, 6) is 0.731. The van der Waals surface area contributed by atoms with E-state index >= 15 is 0 Å². The van der Waals surface area contributed by atoms with Crippen molar-refractivity contribution in [1.82, 2.24) is 4.98 Å². The zero-order valence-electron chi connectivity index (χ0n) is 11.5. The average Bonchev–Trinajstić information content (AvgIpc) is 2.57. The molecule has 0 radical (unpaired) electrons. The molecule has 0 aliphatic carbocycles. The maximum Gasteiger partial charge on any atom is 0.146 e. The van der Waals surface area contributed by atoms with Crippen molar-refractivity contribution in [2.45, 2.75) is 0 Å². The molecule has 102 valence electrons. The van der Waals surface area contributed by atoms with Crippen LogP contribution in [0, 0.1) is 0 Å². The van der Waals surface area contributed by atoms with Gasteiger partial charge in [-0.3, -0.25) is 5.43 Å². The lowest BCUT2D eigenvalue weighted by Gasteiger charge is -2.02. The summed E-state index contributed by atoms with van der Waals surface area (Å²) >= 11 is 0. The van der Waals surface area contributed by atoms with Gasteiger partial charge in [0.2, 0.25) is 0 Å². The Morgan fingerprint density at radius 2 is 1.48 bits per heavy atom. The highest BCUT2D eigenvalue weighted by atomic mass is 15.3. The normalized spacial score (nSPS) is 10.7. The van der Waals surface area contributed by atoms with Crippen LogP contribution in [0.25, 0.3) is 11.1 Å². The van der Waals surface area contributed by atoms with E-state index in [0.717, 1.165) is 11.4 Å². The third kappa shape index (κ3) is 3.54. The molecule has 3 nitrogen and oxygen atoms in total. The number of pyridine rings is 1. The van der Waals surface area contributed by atoms with Gasteiger partial charge in [-0.15, -0.1) is 0 Å². The minimum atomic E-state index is 0.731. The Morgan fingerprint density at radius 1 is 0.762 bits per heavy atom. The Morgan fingerprint density at radius 3 is 2.19 bits per heavy atom. The van der Waals surface area contributed by atoms with Gasteiger partial charge in [-0.2, -0.15) is 5.10 Å². The Hall–Kier alpha value is -2.94. The average molecular weight is 273 g/mol. The standard InChI is InChI=1S/C18H15N3/c1-2-6-16(7-3-1)17-11-9-15(10-12-17)14-20-21-18-8-4-5-13-19-18/h1-14H,(H,19,21)/b20-14-. The number of nitrogens with zero attached hydrogens (tertiary/aromatic N) is 2. The van der Waals surface area contributed by atoms with Gasteiger partial charge in [-0.05, 0) is 28.8 Å². The number of hydrogen-bond acceptors (Lipinski definition) is 3. The molecular weight excluding hydrogens is 258 g/mol. The topological polar surface area (TPSA) is 37.3 Å². The fourth-order valence-corrected chi connectivity index (χ4v) is 1.99. The zero-order chi connectivity index (χ0) is 14.3. The second-order valence-electron chi connectivity index (χ2n) is 4.57. The maximum absolute atomic E-state index is 4.18. The number of hydrazone groups is 1. The van der Waals surface area contributed by atoms with E-state index in [1.54, 1.807) is 12.4 Å². The fraction of sp³-hybridized carbons (Fsp3) is 0. The molecule has 1 aromatic heterocycles. The van der Waals surface area contributed by atoms with E-state index in [1.807, 2.05) is 48.5 Å². The number of nitrogens with one attached hydrogen (secondary N) is 1. The van der Waals surface area contributed by atoms with Gasteiger partial charge in [-0.25, -0.2) is 4.98 Å². The molecule has 0 saturated heterocycles. The lowest BCUT2D eigenvalue weighted by atomic mass is 10.0. The molecule has 0 amide bonds. The molecule has 1 heterocycles. The Balaban J connectivity index is 1.67. The summed E-state index contributed by atoms with van der Waals surface area (Å²) in [5, 5.41) is 4.18. The number of aromatic nitrogens is 1. The van der Waals surface area contributed by atoms with Crippen molar-refractivity contribution in [2.75, 3.05) is 5.43 Å². The van der Waals surface area contributed by atoms with Crippen LogP contribution in [0.4, 0.5) is 5.82 Å². The number of rotatable bonds is 4. The molecule has 0 saturated carbocycles. The summed E-state index contributed by atoms with van der Waals surface area (Å²) < 4.78 is 0. The molecule has 3 aromatic rings. The zero-order valence-corrected chi connectivity index (χ0v) is 11.5. The largest absolute Gasteiger partial charge is 0.261 e. The predicted octanol–water partition coefficient (Wildman–Crippen LogP) is 4.19. The maximum atomic E-state index is 4.18. The third-order valence-electron chi connectivity index (χ3n) is 3.08. The van der Waals surface area contributed by atoms with Gasteiger partial charge < -0.3 is 0 Å². The van der Waals surface area contributed by atoms with Crippen LogP contribution in [-0.2, 0) is 0 Å². The second-order valence-corrected chi connectivity index (χ2v) is 4.57. The van der Waals surface area contributed by atoms with Crippen LogP contribution in [0.15, 0.2) is 84.1 Å². The molecule has 0 aliphatic heterocycles. The Labute approximate surface area is 124 Å². The molecule has 3 rings (SSSR count). The molecule has 0 unspecified atom stereocenters. The van der Waals surface area contributed by atoms with Gasteiger partial charge in [-0.1, -0.05) is 60.7 Å². The van der Waals surface area contributed by atoms with Crippen LogP contribution in [0.1, 0.15) is 5.56 Å². The fourth-order valence-electron chi connectivity index (χ4n) is 1.99. The molecule has 2 aromatic carbocycles. The van der Waals surface area contributed by atoms with Gasteiger partial charge in [0, 0.05) is 6.20 Å². The van der Waals surface area contributed by atoms with Crippen LogP contribution in [0.3, 0.4) is 0 Å². The van der Waals surface area contributed by atoms with E-state index in [4.69, 9.17) is 0 Å². The molecule has 0 bridgehead atoms. The van der Waals surface area contributed by atoms with Gasteiger partial charge in [0.1, 0.15) is 5.82 Å². The molecule has 21 heavy (non-hydrogen) atoms. The predicted molar refractivity (Wildman–Crippen MR) is 87.3 cm³/mol. The van der Waals surface area contributed by atoms with Crippen molar-refractivity contribution in [1.29, 1.82) is 0 Å². The van der Waals surface area contributed by atoms with Crippen molar-refractivity contribution in [2.24, 2.45) is 5.10 Å². The number of hydrogen-bond donors (Lipinski definition) is 1. The summed E-state index contributed by atoms with van der Waals surface area (Å²) in [7, 11) is 0. The van der Waals surface area contributed by atoms with E-state index in [1.165, 1.54) is 11.1 Å². The SMILES string of the molecule is C(=N/Nc1ccccn1)/c1ccc(-c2ccccc2)cc1. The van der Waals surface area contributed by atoms with E-state index < -0.39 is 0 Å². The molecule has 3 heteroatoms. The minimum Gasteiger partial charge on any atom is -0.261 e. The van der Waals surface area contributed by atoms with Gasteiger partial charge in [0.25, 0.3) is 0 Å². The Kier molecular flexibility index (Phi) is 4.03. The monoisotopic (exact) mass is 273 g/mol. The van der Waals surface area contributed by atoms with E-state index in [2.05, 4.69) is 39.8 Å². The lowest BCUT2D eigenvalue weighted by molar-refractivity contribution is 1.23.